The highest BCUT2D eigenvalue weighted by molar-refractivity contribution is 5.40. The molecule has 0 amide bonds. The molecule has 0 aromatic carbocycles. The van der Waals surface area contributed by atoms with Crippen LogP contribution in [0.15, 0.2) is 22.8 Å². The van der Waals surface area contributed by atoms with Crippen molar-refractivity contribution in [2.45, 2.75) is 58.8 Å². The number of fused-ring (bicyclic) bond motifs is 4. The first-order chi connectivity index (χ1) is 7.79. The van der Waals surface area contributed by atoms with Crippen molar-refractivity contribution < 1.29 is 0 Å². The summed E-state index contributed by atoms with van der Waals surface area (Å²) in [5.74, 6) is 2.80. The molecule has 3 aliphatic rings. The molecule has 3 aliphatic carbocycles. The first kappa shape index (κ1) is 10.6. The molecule has 3 rings (SSSR count). The van der Waals surface area contributed by atoms with E-state index in [2.05, 4.69) is 19.9 Å². The molecule has 0 N–H and O–H groups in total. The van der Waals surface area contributed by atoms with Crippen molar-refractivity contribution in [1.29, 1.82) is 0 Å². The fourth-order valence-electron chi connectivity index (χ4n) is 4.27. The molecule has 88 valence electrons. The maximum Gasteiger partial charge on any atom is 0.00156 e. The summed E-state index contributed by atoms with van der Waals surface area (Å²) in [6.07, 6.45) is 12.5. The molecule has 2 bridgehead atoms. The Balaban J connectivity index is 1.88. The zero-order chi connectivity index (χ0) is 11.1. The maximum atomic E-state index is 2.44. The van der Waals surface area contributed by atoms with Gasteiger partial charge in [-0.15, -0.1) is 0 Å². The number of hydrogen-bond acceptors (Lipinski definition) is 0. The zero-order valence-corrected chi connectivity index (χ0v) is 10.8. The summed E-state index contributed by atoms with van der Waals surface area (Å²) in [6, 6.07) is 0. The molecule has 0 spiro atoms. The lowest BCUT2D eigenvalue weighted by molar-refractivity contribution is 0.449. The van der Waals surface area contributed by atoms with Crippen molar-refractivity contribution in [3.8, 4) is 0 Å². The third kappa shape index (κ3) is 1.58. The minimum absolute atomic E-state index is 0.885. The third-order valence-electron chi connectivity index (χ3n) is 5.20. The lowest BCUT2D eigenvalue weighted by Crippen LogP contribution is -2.10. The largest absolute Gasteiger partial charge is 0.0878 e. The van der Waals surface area contributed by atoms with Gasteiger partial charge in [-0.05, 0) is 57.3 Å². The molecule has 1 fully saturated rings. The van der Waals surface area contributed by atoms with Crippen LogP contribution in [0.25, 0.3) is 0 Å². The van der Waals surface area contributed by atoms with Crippen molar-refractivity contribution in [2.24, 2.45) is 17.8 Å². The Labute approximate surface area is 99.8 Å². The van der Waals surface area contributed by atoms with E-state index in [0.29, 0.717) is 0 Å². The van der Waals surface area contributed by atoms with Crippen LogP contribution in [-0.2, 0) is 0 Å². The monoisotopic (exact) mass is 216 g/mol. The summed E-state index contributed by atoms with van der Waals surface area (Å²) < 4.78 is 0. The lowest BCUT2D eigenvalue weighted by Gasteiger charge is -2.26. The molecule has 0 heteroatoms. The van der Waals surface area contributed by atoms with Crippen LogP contribution in [0.5, 0.6) is 0 Å². The van der Waals surface area contributed by atoms with Crippen LogP contribution in [0.4, 0.5) is 0 Å². The topological polar surface area (TPSA) is 0 Å². The molecule has 1 saturated carbocycles. The third-order valence-corrected chi connectivity index (χ3v) is 5.20. The van der Waals surface area contributed by atoms with Gasteiger partial charge in [-0.1, -0.05) is 36.1 Å². The normalized spacial score (nSPS) is 41.1. The van der Waals surface area contributed by atoms with Crippen LogP contribution < -0.4 is 0 Å². The van der Waals surface area contributed by atoms with Gasteiger partial charge in [-0.25, -0.2) is 0 Å². The maximum absolute atomic E-state index is 2.44. The summed E-state index contributed by atoms with van der Waals surface area (Å²) >= 11 is 0. The van der Waals surface area contributed by atoms with Gasteiger partial charge < -0.3 is 0 Å². The van der Waals surface area contributed by atoms with Gasteiger partial charge in [-0.3, -0.25) is 0 Å². The summed E-state index contributed by atoms with van der Waals surface area (Å²) in [4.78, 5) is 0. The van der Waals surface area contributed by atoms with Gasteiger partial charge in [0.1, 0.15) is 0 Å². The average molecular weight is 216 g/mol. The highest BCUT2D eigenvalue weighted by Gasteiger charge is 2.41. The van der Waals surface area contributed by atoms with E-state index in [1.54, 1.807) is 5.57 Å². The molecule has 0 aliphatic heterocycles. The fraction of sp³-hybridized carbons (Fsp3) is 0.750. The molecule has 16 heavy (non-hydrogen) atoms. The minimum atomic E-state index is 0.885. The van der Waals surface area contributed by atoms with Crippen molar-refractivity contribution in [3.05, 3.63) is 22.8 Å². The molecule has 0 aromatic rings. The highest BCUT2D eigenvalue weighted by atomic mass is 14.5. The standard InChI is InChI=1S/C16H24/c1-3-12-9-13-10-16(12)15-8-7-11(2)5-4-6-14(13)15/h3,11,13,16H,4-10H2,1-2H3. The van der Waals surface area contributed by atoms with Crippen molar-refractivity contribution in [2.75, 3.05) is 0 Å². The summed E-state index contributed by atoms with van der Waals surface area (Å²) in [5.41, 5.74) is 5.55. The number of rotatable bonds is 0. The SMILES string of the molecule is CC=C1CC2CC1C1=C2CCCC(C)CC1. The molecule has 0 saturated heterocycles. The van der Waals surface area contributed by atoms with Gasteiger partial charge in [-0.2, -0.15) is 0 Å². The quantitative estimate of drug-likeness (QED) is 0.507. The van der Waals surface area contributed by atoms with E-state index in [9.17, 15) is 0 Å². The molecule has 0 aromatic heterocycles. The van der Waals surface area contributed by atoms with E-state index in [1.807, 2.05) is 11.1 Å². The van der Waals surface area contributed by atoms with Gasteiger partial charge in [0.05, 0.1) is 0 Å². The number of allylic oxidation sites excluding steroid dienone is 4. The highest BCUT2D eigenvalue weighted by Crippen LogP contribution is 2.55. The van der Waals surface area contributed by atoms with Gasteiger partial charge >= 0.3 is 0 Å². The predicted octanol–water partition coefficient (Wildman–Crippen LogP) is 4.87. The van der Waals surface area contributed by atoms with Crippen LogP contribution in [0.2, 0.25) is 0 Å². The minimum Gasteiger partial charge on any atom is -0.0878 e. The van der Waals surface area contributed by atoms with Crippen LogP contribution in [-0.4, -0.2) is 0 Å². The molecule has 0 radical (unpaired) electrons. The van der Waals surface area contributed by atoms with Gasteiger partial charge in [0.2, 0.25) is 0 Å². The Morgan fingerprint density at radius 2 is 2.00 bits per heavy atom. The first-order valence-electron chi connectivity index (χ1n) is 7.16. The fourth-order valence-corrected chi connectivity index (χ4v) is 4.27. The average Bonchev–Trinajstić information content (AvgIpc) is 2.80. The smallest absolute Gasteiger partial charge is 0.00156 e. The van der Waals surface area contributed by atoms with Crippen molar-refractivity contribution >= 4 is 0 Å². The first-order valence-corrected chi connectivity index (χ1v) is 7.16. The van der Waals surface area contributed by atoms with Gasteiger partial charge in [0, 0.05) is 5.92 Å². The Hall–Kier alpha value is -0.520. The van der Waals surface area contributed by atoms with Gasteiger partial charge in [0.15, 0.2) is 0 Å². The Morgan fingerprint density at radius 3 is 2.81 bits per heavy atom. The van der Waals surface area contributed by atoms with Crippen molar-refractivity contribution in [3.63, 3.8) is 0 Å². The van der Waals surface area contributed by atoms with Crippen LogP contribution in [0.1, 0.15) is 58.8 Å². The van der Waals surface area contributed by atoms with E-state index in [1.165, 1.54) is 44.9 Å². The second-order valence-corrected chi connectivity index (χ2v) is 6.14. The van der Waals surface area contributed by atoms with E-state index in [0.717, 1.165) is 17.8 Å². The summed E-state index contributed by atoms with van der Waals surface area (Å²) in [7, 11) is 0. The lowest BCUT2D eigenvalue weighted by atomic mass is 9.80. The van der Waals surface area contributed by atoms with Crippen LogP contribution >= 0.6 is 0 Å². The van der Waals surface area contributed by atoms with E-state index in [4.69, 9.17) is 0 Å². The Morgan fingerprint density at radius 1 is 1.12 bits per heavy atom. The molecule has 3 unspecified atom stereocenters. The summed E-state index contributed by atoms with van der Waals surface area (Å²) in [6.45, 7) is 4.68. The Kier molecular flexibility index (Phi) is 2.69. The van der Waals surface area contributed by atoms with Crippen molar-refractivity contribution in [1.82, 2.24) is 0 Å². The van der Waals surface area contributed by atoms with Crippen LogP contribution in [0.3, 0.4) is 0 Å². The number of hydrogen-bond donors (Lipinski definition) is 0. The second kappa shape index (κ2) is 4.05. The van der Waals surface area contributed by atoms with Gasteiger partial charge in [0.25, 0.3) is 0 Å². The molecular formula is C16H24. The van der Waals surface area contributed by atoms with E-state index < -0.39 is 0 Å². The summed E-state index contributed by atoms with van der Waals surface area (Å²) in [5, 5.41) is 0. The molecule has 0 nitrogen and oxygen atoms in total. The predicted molar refractivity (Wildman–Crippen MR) is 69.2 cm³/mol. The zero-order valence-electron chi connectivity index (χ0n) is 10.8. The van der Waals surface area contributed by atoms with Crippen LogP contribution in [0, 0.1) is 17.8 Å². The van der Waals surface area contributed by atoms with E-state index >= 15 is 0 Å². The molecule has 0 heterocycles. The van der Waals surface area contributed by atoms with E-state index in [-0.39, 0.29) is 0 Å². The Bertz CT molecular complexity index is 345. The second-order valence-electron chi connectivity index (χ2n) is 6.14. The molecule has 3 atom stereocenters. The molecular weight excluding hydrogens is 192 g/mol.